The minimum atomic E-state index is -0.220. The van der Waals surface area contributed by atoms with E-state index in [0.29, 0.717) is 18.1 Å². The van der Waals surface area contributed by atoms with E-state index in [2.05, 4.69) is 9.89 Å². The number of piperidine rings is 1. The van der Waals surface area contributed by atoms with Crippen LogP contribution in [0.5, 0.6) is 0 Å². The first-order chi connectivity index (χ1) is 8.27. The normalized spacial score (nSPS) is 17.2. The van der Waals surface area contributed by atoms with Gasteiger partial charge in [0, 0.05) is 18.7 Å². The van der Waals surface area contributed by atoms with Crippen LogP contribution in [0.15, 0.2) is 29.3 Å². The van der Waals surface area contributed by atoms with Crippen molar-refractivity contribution in [1.29, 1.82) is 0 Å². The van der Waals surface area contributed by atoms with E-state index in [0.717, 1.165) is 25.9 Å². The van der Waals surface area contributed by atoms with Crippen LogP contribution in [0.25, 0.3) is 0 Å². The van der Waals surface area contributed by atoms with Crippen molar-refractivity contribution >= 4 is 5.96 Å². The fraction of sp³-hybridized carbons (Fsp3) is 0.462. The first-order valence-corrected chi connectivity index (χ1v) is 6.05. The van der Waals surface area contributed by atoms with Gasteiger partial charge < -0.3 is 10.6 Å². The third-order valence-corrected chi connectivity index (χ3v) is 3.05. The summed E-state index contributed by atoms with van der Waals surface area (Å²) < 4.78 is 13.4. The van der Waals surface area contributed by atoms with Crippen LogP contribution in [0, 0.1) is 5.82 Å². The van der Waals surface area contributed by atoms with E-state index in [1.54, 1.807) is 12.1 Å². The highest BCUT2D eigenvalue weighted by Gasteiger charge is 2.11. The third kappa shape index (κ3) is 3.19. The van der Waals surface area contributed by atoms with Gasteiger partial charge in [-0.3, -0.25) is 0 Å². The van der Waals surface area contributed by atoms with Crippen LogP contribution in [-0.2, 0) is 6.54 Å². The van der Waals surface area contributed by atoms with Gasteiger partial charge in [-0.2, -0.15) is 0 Å². The average Bonchev–Trinajstić information content (AvgIpc) is 2.38. The zero-order valence-electron chi connectivity index (χ0n) is 9.90. The molecule has 1 aromatic carbocycles. The number of nitrogens with zero attached hydrogens (tertiary/aromatic N) is 2. The maximum Gasteiger partial charge on any atom is 0.191 e. The van der Waals surface area contributed by atoms with Crippen LogP contribution in [0.1, 0.15) is 24.8 Å². The molecule has 0 amide bonds. The van der Waals surface area contributed by atoms with Gasteiger partial charge in [-0.15, -0.1) is 0 Å². The Kier molecular flexibility index (Phi) is 3.96. The van der Waals surface area contributed by atoms with E-state index in [9.17, 15) is 4.39 Å². The molecule has 0 unspecified atom stereocenters. The van der Waals surface area contributed by atoms with E-state index >= 15 is 0 Å². The second-order valence-electron chi connectivity index (χ2n) is 4.31. The lowest BCUT2D eigenvalue weighted by atomic mass is 10.1. The predicted molar refractivity (Wildman–Crippen MR) is 67.2 cm³/mol. The minimum Gasteiger partial charge on any atom is -0.370 e. The van der Waals surface area contributed by atoms with E-state index < -0.39 is 0 Å². The number of hydrogen-bond donors (Lipinski definition) is 1. The van der Waals surface area contributed by atoms with Gasteiger partial charge in [0.05, 0.1) is 6.54 Å². The summed E-state index contributed by atoms with van der Waals surface area (Å²) in [5, 5.41) is 0. The van der Waals surface area contributed by atoms with Crippen LogP contribution in [0.3, 0.4) is 0 Å². The molecule has 2 N–H and O–H groups in total. The summed E-state index contributed by atoms with van der Waals surface area (Å²) in [4.78, 5) is 6.33. The highest BCUT2D eigenvalue weighted by molar-refractivity contribution is 5.78. The van der Waals surface area contributed by atoms with Gasteiger partial charge in [0.25, 0.3) is 0 Å². The van der Waals surface area contributed by atoms with Crippen LogP contribution in [0.4, 0.5) is 4.39 Å². The van der Waals surface area contributed by atoms with Gasteiger partial charge in [0.2, 0.25) is 0 Å². The average molecular weight is 235 g/mol. The molecule has 0 spiro atoms. The van der Waals surface area contributed by atoms with Gasteiger partial charge in [-0.25, -0.2) is 9.38 Å². The number of guanidine groups is 1. The van der Waals surface area contributed by atoms with Crippen molar-refractivity contribution in [3.8, 4) is 0 Å². The SMILES string of the molecule is NC(=NCc1ccccc1F)N1CCCCC1. The molecule has 1 aromatic rings. The summed E-state index contributed by atoms with van der Waals surface area (Å²) in [6.07, 6.45) is 3.59. The van der Waals surface area contributed by atoms with E-state index in [1.807, 2.05) is 6.07 Å². The summed E-state index contributed by atoms with van der Waals surface area (Å²) in [7, 11) is 0. The van der Waals surface area contributed by atoms with Crippen LogP contribution in [-0.4, -0.2) is 23.9 Å². The Hall–Kier alpha value is -1.58. The Labute approximate surface area is 101 Å². The van der Waals surface area contributed by atoms with Crippen LogP contribution >= 0.6 is 0 Å². The van der Waals surface area contributed by atoms with Gasteiger partial charge in [0.15, 0.2) is 5.96 Å². The van der Waals surface area contributed by atoms with Crippen molar-refractivity contribution in [1.82, 2.24) is 4.90 Å². The Morgan fingerprint density at radius 2 is 1.94 bits per heavy atom. The number of rotatable bonds is 2. The minimum absolute atomic E-state index is 0.220. The van der Waals surface area contributed by atoms with Crippen molar-refractivity contribution in [2.45, 2.75) is 25.8 Å². The maximum absolute atomic E-state index is 13.4. The van der Waals surface area contributed by atoms with E-state index in [4.69, 9.17) is 5.73 Å². The summed E-state index contributed by atoms with van der Waals surface area (Å²) in [6.45, 7) is 2.24. The van der Waals surface area contributed by atoms with E-state index in [1.165, 1.54) is 12.5 Å². The standard InChI is InChI=1S/C13H18FN3/c14-12-7-3-2-6-11(12)10-16-13(15)17-8-4-1-5-9-17/h2-3,6-7H,1,4-5,8-10H2,(H2,15,16). The molecule has 2 rings (SSSR count). The number of hydrogen-bond acceptors (Lipinski definition) is 1. The number of aliphatic imine (C=N–C) groups is 1. The van der Waals surface area contributed by atoms with Crippen molar-refractivity contribution in [2.24, 2.45) is 10.7 Å². The van der Waals surface area contributed by atoms with Gasteiger partial charge in [-0.1, -0.05) is 18.2 Å². The highest BCUT2D eigenvalue weighted by atomic mass is 19.1. The van der Waals surface area contributed by atoms with E-state index in [-0.39, 0.29) is 5.82 Å². The zero-order chi connectivity index (χ0) is 12.1. The Bertz CT molecular complexity index is 397. The first kappa shape index (κ1) is 11.9. The quantitative estimate of drug-likeness (QED) is 0.630. The molecular weight excluding hydrogens is 217 g/mol. The summed E-state index contributed by atoms with van der Waals surface area (Å²) in [5.41, 5.74) is 6.49. The monoisotopic (exact) mass is 235 g/mol. The number of likely N-dealkylation sites (tertiary alicyclic amines) is 1. The molecular formula is C13H18FN3. The second kappa shape index (κ2) is 5.66. The third-order valence-electron chi connectivity index (χ3n) is 3.05. The number of benzene rings is 1. The lowest BCUT2D eigenvalue weighted by Gasteiger charge is -2.27. The molecule has 1 fully saturated rings. The smallest absolute Gasteiger partial charge is 0.191 e. The molecule has 3 nitrogen and oxygen atoms in total. The lowest BCUT2D eigenvalue weighted by molar-refractivity contribution is 0.338. The van der Waals surface area contributed by atoms with Crippen LogP contribution < -0.4 is 5.73 Å². The topological polar surface area (TPSA) is 41.6 Å². The Morgan fingerprint density at radius 3 is 2.65 bits per heavy atom. The molecule has 1 aliphatic heterocycles. The van der Waals surface area contributed by atoms with Gasteiger partial charge in [-0.05, 0) is 25.3 Å². The molecule has 1 aliphatic rings. The fourth-order valence-electron chi connectivity index (χ4n) is 2.02. The van der Waals surface area contributed by atoms with Gasteiger partial charge in [0.1, 0.15) is 5.82 Å². The first-order valence-electron chi connectivity index (χ1n) is 6.05. The molecule has 1 heterocycles. The van der Waals surface area contributed by atoms with Crippen molar-refractivity contribution in [2.75, 3.05) is 13.1 Å². The molecule has 4 heteroatoms. The molecule has 0 aliphatic carbocycles. The number of halogens is 1. The molecule has 0 aromatic heterocycles. The largest absolute Gasteiger partial charge is 0.370 e. The Balaban J connectivity index is 1.97. The van der Waals surface area contributed by atoms with Crippen molar-refractivity contribution in [3.05, 3.63) is 35.6 Å². The fourth-order valence-corrected chi connectivity index (χ4v) is 2.02. The van der Waals surface area contributed by atoms with Crippen LogP contribution in [0.2, 0.25) is 0 Å². The van der Waals surface area contributed by atoms with Gasteiger partial charge >= 0.3 is 0 Å². The predicted octanol–water partition coefficient (Wildman–Crippen LogP) is 2.13. The second-order valence-corrected chi connectivity index (χ2v) is 4.31. The summed E-state index contributed by atoms with van der Waals surface area (Å²) >= 11 is 0. The molecule has 0 atom stereocenters. The maximum atomic E-state index is 13.4. The molecule has 0 radical (unpaired) electrons. The molecule has 0 bridgehead atoms. The molecule has 92 valence electrons. The van der Waals surface area contributed by atoms with Crippen molar-refractivity contribution < 1.29 is 4.39 Å². The molecule has 17 heavy (non-hydrogen) atoms. The number of nitrogens with two attached hydrogens (primary N) is 1. The Morgan fingerprint density at radius 1 is 1.24 bits per heavy atom. The lowest BCUT2D eigenvalue weighted by Crippen LogP contribution is -2.40. The van der Waals surface area contributed by atoms with Crippen molar-refractivity contribution in [3.63, 3.8) is 0 Å². The summed E-state index contributed by atoms with van der Waals surface area (Å²) in [6, 6.07) is 6.67. The zero-order valence-corrected chi connectivity index (χ0v) is 9.90. The highest BCUT2D eigenvalue weighted by Crippen LogP contribution is 2.10. The molecule has 0 saturated carbocycles. The molecule has 1 saturated heterocycles. The summed E-state index contributed by atoms with van der Waals surface area (Å²) in [5.74, 6) is 0.315.